The molecule has 2 amide bonds. The molecule has 0 aromatic heterocycles. The minimum atomic E-state index is -0.608. The van der Waals surface area contributed by atoms with Crippen molar-refractivity contribution in [1.29, 1.82) is 0 Å². The highest BCUT2D eigenvalue weighted by molar-refractivity contribution is 5.89. The molecule has 1 aromatic carbocycles. The summed E-state index contributed by atoms with van der Waals surface area (Å²) in [6.45, 7) is 5.38. The van der Waals surface area contributed by atoms with E-state index < -0.39 is 5.54 Å². The number of aliphatic hydroxyl groups excluding tert-OH is 1. The maximum absolute atomic E-state index is 12.1. The summed E-state index contributed by atoms with van der Waals surface area (Å²) in [6, 6.07) is 7.09. The smallest absolute Gasteiger partial charge is 0.322 e. The highest BCUT2D eigenvalue weighted by Gasteiger charge is 2.26. The molecule has 0 radical (unpaired) electrons. The van der Waals surface area contributed by atoms with Crippen molar-refractivity contribution >= 4 is 11.7 Å². The van der Waals surface area contributed by atoms with Crippen LogP contribution in [0.3, 0.4) is 0 Å². The average Bonchev–Trinajstić information content (AvgIpc) is 2.38. The Labute approximate surface area is 114 Å². The van der Waals surface area contributed by atoms with Crippen LogP contribution < -0.4 is 11.1 Å². The minimum absolute atomic E-state index is 0.0801. The minimum Gasteiger partial charge on any atom is -0.394 e. The van der Waals surface area contributed by atoms with Crippen LogP contribution in [0.5, 0.6) is 0 Å². The van der Waals surface area contributed by atoms with E-state index in [2.05, 4.69) is 5.32 Å². The summed E-state index contributed by atoms with van der Waals surface area (Å²) in [6.07, 6.45) is 0. The normalized spacial score (nSPS) is 12.9. The van der Waals surface area contributed by atoms with E-state index in [1.807, 2.05) is 31.2 Å². The second-order valence-corrected chi connectivity index (χ2v) is 5.37. The van der Waals surface area contributed by atoms with Crippen molar-refractivity contribution in [1.82, 2.24) is 4.90 Å². The van der Waals surface area contributed by atoms with Crippen molar-refractivity contribution < 1.29 is 9.90 Å². The van der Waals surface area contributed by atoms with Gasteiger partial charge in [0.2, 0.25) is 0 Å². The van der Waals surface area contributed by atoms with Gasteiger partial charge in [0.05, 0.1) is 12.1 Å². The van der Waals surface area contributed by atoms with Crippen LogP contribution in [0.2, 0.25) is 0 Å². The molecule has 1 atom stereocenters. The number of carbonyl (C=O) groups excluding carboxylic acids is 1. The van der Waals surface area contributed by atoms with Crippen LogP contribution in [0.25, 0.3) is 0 Å². The van der Waals surface area contributed by atoms with E-state index in [1.54, 1.807) is 20.9 Å². The fourth-order valence-corrected chi connectivity index (χ4v) is 1.49. The van der Waals surface area contributed by atoms with E-state index in [0.29, 0.717) is 5.69 Å². The molecular formula is C14H23N3O2. The first kappa shape index (κ1) is 15.5. The number of carbonyl (C=O) groups is 1. The first-order valence-electron chi connectivity index (χ1n) is 6.29. The molecule has 1 unspecified atom stereocenters. The zero-order valence-corrected chi connectivity index (χ0v) is 12.0. The molecule has 5 nitrogen and oxygen atoms in total. The molecule has 0 bridgehead atoms. The molecule has 5 heteroatoms. The number of aliphatic hydroxyl groups is 1. The number of hydrogen-bond acceptors (Lipinski definition) is 3. The van der Waals surface area contributed by atoms with Crippen molar-refractivity contribution in [2.75, 3.05) is 19.0 Å². The van der Waals surface area contributed by atoms with E-state index in [1.165, 1.54) is 4.90 Å². The number of rotatable bonds is 4. The van der Waals surface area contributed by atoms with Gasteiger partial charge in [-0.05, 0) is 38.5 Å². The molecule has 0 spiro atoms. The Balaban J connectivity index is 2.80. The van der Waals surface area contributed by atoms with E-state index in [4.69, 9.17) is 5.73 Å². The lowest BCUT2D eigenvalue weighted by Crippen LogP contribution is -2.49. The third-order valence-corrected chi connectivity index (χ3v) is 3.26. The lowest BCUT2D eigenvalue weighted by atomic mass is 10.1. The number of nitrogens with two attached hydrogens (primary N) is 1. The van der Waals surface area contributed by atoms with E-state index in [0.717, 1.165) is 5.56 Å². The summed E-state index contributed by atoms with van der Waals surface area (Å²) >= 11 is 0. The zero-order chi connectivity index (χ0) is 14.6. The van der Waals surface area contributed by atoms with Gasteiger partial charge in [0, 0.05) is 18.8 Å². The van der Waals surface area contributed by atoms with Crippen LogP contribution in [0, 0.1) is 0 Å². The quantitative estimate of drug-likeness (QED) is 0.778. The first-order valence-corrected chi connectivity index (χ1v) is 6.29. The SMILES string of the molecule is CC(N)c1cccc(NC(=O)N(C)C(C)(C)CO)c1. The summed E-state index contributed by atoms with van der Waals surface area (Å²) in [5, 5.41) is 12.1. The van der Waals surface area contributed by atoms with Gasteiger partial charge in [-0.1, -0.05) is 12.1 Å². The Morgan fingerprint density at radius 1 is 1.53 bits per heavy atom. The molecule has 106 valence electrons. The summed E-state index contributed by atoms with van der Waals surface area (Å²) in [5.74, 6) is 0. The first-order chi connectivity index (χ1) is 8.77. The van der Waals surface area contributed by atoms with Crippen LogP contribution in [0.4, 0.5) is 10.5 Å². The monoisotopic (exact) mass is 265 g/mol. The molecule has 4 N–H and O–H groups in total. The van der Waals surface area contributed by atoms with E-state index in [-0.39, 0.29) is 18.7 Å². The number of nitrogens with zero attached hydrogens (tertiary/aromatic N) is 1. The Hall–Kier alpha value is -1.59. The van der Waals surface area contributed by atoms with E-state index in [9.17, 15) is 9.90 Å². The molecule has 0 aliphatic rings. The van der Waals surface area contributed by atoms with Gasteiger partial charge in [0.15, 0.2) is 0 Å². The Morgan fingerprint density at radius 3 is 2.68 bits per heavy atom. The number of benzene rings is 1. The van der Waals surface area contributed by atoms with Crippen LogP contribution in [-0.4, -0.2) is 35.2 Å². The van der Waals surface area contributed by atoms with Gasteiger partial charge in [-0.2, -0.15) is 0 Å². The van der Waals surface area contributed by atoms with Gasteiger partial charge in [-0.15, -0.1) is 0 Å². The average molecular weight is 265 g/mol. The topological polar surface area (TPSA) is 78.6 Å². The fourth-order valence-electron chi connectivity index (χ4n) is 1.49. The third kappa shape index (κ3) is 3.94. The van der Waals surface area contributed by atoms with Gasteiger partial charge in [-0.3, -0.25) is 0 Å². The summed E-state index contributed by atoms with van der Waals surface area (Å²) in [5.41, 5.74) is 6.85. The molecule has 0 aliphatic carbocycles. The van der Waals surface area contributed by atoms with E-state index >= 15 is 0 Å². The van der Waals surface area contributed by atoms with Gasteiger partial charge in [0.25, 0.3) is 0 Å². The van der Waals surface area contributed by atoms with Crippen molar-refractivity contribution in [3.63, 3.8) is 0 Å². The van der Waals surface area contributed by atoms with Crippen LogP contribution >= 0.6 is 0 Å². The number of likely N-dealkylation sites (N-methyl/N-ethyl adjacent to an activating group) is 1. The lowest BCUT2D eigenvalue weighted by molar-refractivity contribution is 0.104. The lowest BCUT2D eigenvalue weighted by Gasteiger charge is -2.33. The van der Waals surface area contributed by atoms with Gasteiger partial charge in [-0.25, -0.2) is 4.79 Å². The van der Waals surface area contributed by atoms with Crippen LogP contribution in [0.1, 0.15) is 32.4 Å². The molecule has 0 heterocycles. The summed E-state index contributed by atoms with van der Waals surface area (Å²) < 4.78 is 0. The van der Waals surface area contributed by atoms with Crippen molar-refractivity contribution in [3.8, 4) is 0 Å². The number of nitrogens with one attached hydrogen (secondary N) is 1. The molecule has 0 saturated heterocycles. The molecule has 0 fully saturated rings. The largest absolute Gasteiger partial charge is 0.394 e. The van der Waals surface area contributed by atoms with Gasteiger partial charge >= 0.3 is 6.03 Å². The van der Waals surface area contributed by atoms with Crippen LogP contribution in [0.15, 0.2) is 24.3 Å². The maximum Gasteiger partial charge on any atom is 0.322 e. The molecule has 1 aromatic rings. The predicted molar refractivity (Wildman–Crippen MR) is 77.0 cm³/mol. The van der Waals surface area contributed by atoms with Crippen LogP contribution in [-0.2, 0) is 0 Å². The van der Waals surface area contributed by atoms with Crippen molar-refractivity contribution in [3.05, 3.63) is 29.8 Å². The molecule has 0 aliphatic heterocycles. The molecular weight excluding hydrogens is 242 g/mol. The van der Waals surface area contributed by atoms with Crippen molar-refractivity contribution in [2.45, 2.75) is 32.4 Å². The summed E-state index contributed by atoms with van der Waals surface area (Å²) in [4.78, 5) is 13.5. The summed E-state index contributed by atoms with van der Waals surface area (Å²) in [7, 11) is 1.65. The Kier molecular flexibility index (Phi) is 4.91. The Bertz CT molecular complexity index is 444. The van der Waals surface area contributed by atoms with Gasteiger partial charge in [0.1, 0.15) is 0 Å². The third-order valence-electron chi connectivity index (χ3n) is 3.26. The fraction of sp³-hybridized carbons (Fsp3) is 0.500. The number of urea groups is 1. The highest BCUT2D eigenvalue weighted by atomic mass is 16.3. The zero-order valence-electron chi connectivity index (χ0n) is 12.0. The molecule has 19 heavy (non-hydrogen) atoms. The predicted octanol–water partition coefficient (Wildman–Crippen LogP) is 1.94. The molecule has 0 saturated carbocycles. The number of hydrogen-bond donors (Lipinski definition) is 3. The second-order valence-electron chi connectivity index (χ2n) is 5.37. The van der Waals surface area contributed by atoms with Gasteiger partial charge < -0.3 is 21.1 Å². The van der Waals surface area contributed by atoms with Crippen molar-refractivity contribution in [2.24, 2.45) is 5.73 Å². The highest BCUT2D eigenvalue weighted by Crippen LogP contribution is 2.17. The second kappa shape index (κ2) is 6.04. The standard InChI is InChI=1S/C14H23N3O2/c1-10(15)11-6-5-7-12(8-11)16-13(19)17(4)14(2,3)9-18/h5-8,10,18H,9,15H2,1-4H3,(H,16,19). The maximum atomic E-state index is 12.1. The molecule has 1 rings (SSSR count). The number of amides is 2. The Morgan fingerprint density at radius 2 is 2.16 bits per heavy atom. The number of anilines is 1.